The smallest absolute Gasteiger partial charge is 0.0482 e. The maximum absolute atomic E-state index is 5.84. The topological polar surface area (TPSA) is 40.2 Å². The van der Waals surface area contributed by atoms with Crippen molar-refractivity contribution in [2.45, 2.75) is 32.9 Å². The molecule has 80 valence electrons. The van der Waals surface area contributed by atoms with Crippen molar-refractivity contribution in [3.05, 3.63) is 24.0 Å². The van der Waals surface area contributed by atoms with Crippen molar-refractivity contribution in [2.75, 3.05) is 13.2 Å². The van der Waals surface area contributed by atoms with E-state index < -0.39 is 0 Å². The molecule has 1 atom stereocenters. The SMILES string of the molecule is CCOCCCn1cccc1C(C)N. The predicted molar refractivity (Wildman–Crippen MR) is 58.1 cm³/mol. The lowest BCUT2D eigenvalue weighted by molar-refractivity contribution is 0.141. The Hall–Kier alpha value is -0.800. The first-order valence-corrected chi connectivity index (χ1v) is 5.24. The van der Waals surface area contributed by atoms with E-state index in [1.54, 1.807) is 0 Å². The molecule has 1 aromatic heterocycles. The maximum Gasteiger partial charge on any atom is 0.0482 e. The quantitative estimate of drug-likeness (QED) is 0.706. The van der Waals surface area contributed by atoms with E-state index in [2.05, 4.69) is 16.8 Å². The number of hydrogen-bond donors (Lipinski definition) is 1. The summed E-state index contributed by atoms with van der Waals surface area (Å²) in [6.07, 6.45) is 3.12. The van der Waals surface area contributed by atoms with E-state index in [1.807, 2.05) is 19.9 Å². The van der Waals surface area contributed by atoms with Gasteiger partial charge in [0.15, 0.2) is 0 Å². The minimum absolute atomic E-state index is 0.108. The van der Waals surface area contributed by atoms with Crippen molar-refractivity contribution in [1.82, 2.24) is 4.57 Å². The molecule has 0 aliphatic heterocycles. The molecular formula is C11H20N2O. The van der Waals surface area contributed by atoms with E-state index >= 15 is 0 Å². The molecule has 0 spiro atoms. The Morgan fingerprint density at radius 3 is 3.00 bits per heavy atom. The van der Waals surface area contributed by atoms with E-state index in [1.165, 1.54) is 5.69 Å². The minimum Gasteiger partial charge on any atom is -0.382 e. The van der Waals surface area contributed by atoms with Crippen LogP contribution in [-0.2, 0) is 11.3 Å². The third-order valence-corrected chi connectivity index (χ3v) is 2.22. The average Bonchev–Trinajstić information content (AvgIpc) is 2.60. The summed E-state index contributed by atoms with van der Waals surface area (Å²) in [5.41, 5.74) is 7.03. The monoisotopic (exact) mass is 196 g/mol. The molecule has 1 rings (SSSR count). The Bertz CT molecular complexity index is 256. The molecule has 14 heavy (non-hydrogen) atoms. The highest BCUT2D eigenvalue weighted by atomic mass is 16.5. The van der Waals surface area contributed by atoms with Crippen molar-refractivity contribution >= 4 is 0 Å². The zero-order valence-corrected chi connectivity index (χ0v) is 9.07. The van der Waals surface area contributed by atoms with Crippen LogP contribution in [0.15, 0.2) is 18.3 Å². The number of nitrogens with two attached hydrogens (primary N) is 1. The summed E-state index contributed by atoms with van der Waals surface area (Å²) in [4.78, 5) is 0. The average molecular weight is 196 g/mol. The predicted octanol–water partition coefficient (Wildman–Crippen LogP) is 1.93. The van der Waals surface area contributed by atoms with Crippen molar-refractivity contribution < 1.29 is 4.74 Å². The zero-order valence-electron chi connectivity index (χ0n) is 9.07. The van der Waals surface area contributed by atoms with Gasteiger partial charge in [0.05, 0.1) is 0 Å². The molecule has 0 radical (unpaired) electrons. The highest BCUT2D eigenvalue weighted by Crippen LogP contribution is 2.10. The van der Waals surface area contributed by atoms with Gasteiger partial charge in [-0.1, -0.05) is 0 Å². The van der Waals surface area contributed by atoms with Crippen LogP contribution in [0, 0.1) is 0 Å². The normalized spacial score (nSPS) is 13.1. The van der Waals surface area contributed by atoms with Gasteiger partial charge in [-0.15, -0.1) is 0 Å². The van der Waals surface area contributed by atoms with Gasteiger partial charge in [0.2, 0.25) is 0 Å². The van der Waals surface area contributed by atoms with Gasteiger partial charge >= 0.3 is 0 Å². The number of aromatic nitrogens is 1. The number of nitrogens with zero attached hydrogens (tertiary/aromatic N) is 1. The fraction of sp³-hybridized carbons (Fsp3) is 0.636. The lowest BCUT2D eigenvalue weighted by Gasteiger charge is -2.11. The van der Waals surface area contributed by atoms with Crippen LogP contribution in [0.1, 0.15) is 32.0 Å². The highest BCUT2D eigenvalue weighted by molar-refractivity contribution is 5.10. The Labute approximate surface area is 85.9 Å². The first-order valence-electron chi connectivity index (χ1n) is 5.24. The molecule has 0 saturated heterocycles. The second-order valence-electron chi connectivity index (χ2n) is 3.47. The molecule has 3 heteroatoms. The Morgan fingerprint density at radius 2 is 2.36 bits per heavy atom. The molecule has 1 unspecified atom stereocenters. The van der Waals surface area contributed by atoms with Gasteiger partial charge < -0.3 is 15.0 Å². The minimum atomic E-state index is 0.108. The van der Waals surface area contributed by atoms with Crippen LogP contribution >= 0.6 is 0 Å². The van der Waals surface area contributed by atoms with Crippen LogP contribution in [0.25, 0.3) is 0 Å². The molecule has 0 aliphatic carbocycles. The Kier molecular flexibility index (Phi) is 4.70. The largest absolute Gasteiger partial charge is 0.382 e. The van der Waals surface area contributed by atoms with Gasteiger partial charge in [-0.3, -0.25) is 0 Å². The lowest BCUT2D eigenvalue weighted by atomic mass is 10.2. The van der Waals surface area contributed by atoms with Gasteiger partial charge in [0, 0.05) is 37.7 Å². The summed E-state index contributed by atoms with van der Waals surface area (Å²) in [6.45, 7) is 6.64. The van der Waals surface area contributed by atoms with Crippen LogP contribution in [0.2, 0.25) is 0 Å². The van der Waals surface area contributed by atoms with Crippen LogP contribution in [0.3, 0.4) is 0 Å². The third-order valence-electron chi connectivity index (χ3n) is 2.22. The fourth-order valence-corrected chi connectivity index (χ4v) is 1.53. The molecule has 1 heterocycles. The number of hydrogen-bond acceptors (Lipinski definition) is 2. The van der Waals surface area contributed by atoms with E-state index in [-0.39, 0.29) is 6.04 Å². The van der Waals surface area contributed by atoms with Crippen molar-refractivity contribution in [2.24, 2.45) is 5.73 Å². The Morgan fingerprint density at radius 1 is 1.57 bits per heavy atom. The summed E-state index contributed by atoms with van der Waals surface area (Å²) >= 11 is 0. The molecule has 3 nitrogen and oxygen atoms in total. The van der Waals surface area contributed by atoms with Crippen LogP contribution in [0.5, 0.6) is 0 Å². The van der Waals surface area contributed by atoms with Crippen molar-refractivity contribution in [3.63, 3.8) is 0 Å². The van der Waals surface area contributed by atoms with E-state index in [0.29, 0.717) is 0 Å². The van der Waals surface area contributed by atoms with Gasteiger partial charge in [-0.25, -0.2) is 0 Å². The first kappa shape index (κ1) is 11.3. The van der Waals surface area contributed by atoms with Crippen LogP contribution < -0.4 is 5.73 Å². The molecule has 0 aromatic carbocycles. The van der Waals surface area contributed by atoms with Gasteiger partial charge in [0.25, 0.3) is 0 Å². The summed E-state index contributed by atoms with van der Waals surface area (Å²) in [7, 11) is 0. The highest BCUT2D eigenvalue weighted by Gasteiger charge is 2.04. The Balaban J connectivity index is 2.38. The number of ether oxygens (including phenoxy) is 1. The van der Waals surface area contributed by atoms with E-state index in [9.17, 15) is 0 Å². The number of aryl methyl sites for hydroxylation is 1. The van der Waals surface area contributed by atoms with E-state index in [4.69, 9.17) is 10.5 Å². The van der Waals surface area contributed by atoms with Gasteiger partial charge in [-0.2, -0.15) is 0 Å². The third kappa shape index (κ3) is 3.16. The molecule has 0 saturated carbocycles. The molecule has 0 aliphatic rings. The summed E-state index contributed by atoms with van der Waals surface area (Å²) < 4.78 is 7.49. The molecule has 1 aromatic rings. The molecule has 0 fully saturated rings. The molecular weight excluding hydrogens is 176 g/mol. The first-order chi connectivity index (χ1) is 6.75. The fourth-order valence-electron chi connectivity index (χ4n) is 1.53. The summed E-state index contributed by atoms with van der Waals surface area (Å²) in [5.74, 6) is 0. The molecule has 0 amide bonds. The second kappa shape index (κ2) is 5.83. The van der Waals surface area contributed by atoms with Gasteiger partial charge in [0.1, 0.15) is 0 Å². The van der Waals surface area contributed by atoms with Crippen LogP contribution in [0.4, 0.5) is 0 Å². The molecule has 0 bridgehead atoms. The van der Waals surface area contributed by atoms with E-state index in [0.717, 1.165) is 26.2 Å². The number of rotatable bonds is 6. The zero-order chi connectivity index (χ0) is 10.4. The van der Waals surface area contributed by atoms with Crippen LogP contribution in [-0.4, -0.2) is 17.8 Å². The standard InChI is InChI=1S/C11H20N2O/c1-3-14-9-5-8-13-7-4-6-11(13)10(2)12/h4,6-7,10H,3,5,8-9,12H2,1-2H3. The maximum atomic E-state index is 5.84. The summed E-state index contributed by atoms with van der Waals surface area (Å²) in [6, 6.07) is 4.22. The van der Waals surface area contributed by atoms with Crippen molar-refractivity contribution in [3.8, 4) is 0 Å². The van der Waals surface area contributed by atoms with Crippen molar-refractivity contribution in [1.29, 1.82) is 0 Å². The van der Waals surface area contributed by atoms with Gasteiger partial charge in [-0.05, 0) is 32.4 Å². The second-order valence-corrected chi connectivity index (χ2v) is 3.47. The summed E-state index contributed by atoms with van der Waals surface area (Å²) in [5, 5.41) is 0. The lowest BCUT2D eigenvalue weighted by Crippen LogP contribution is -2.12. The molecule has 2 N–H and O–H groups in total.